The van der Waals surface area contributed by atoms with E-state index in [1.165, 1.54) is 5.39 Å². The zero-order valence-electron chi connectivity index (χ0n) is 11.3. The summed E-state index contributed by atoms with van der Waals surface area (Å²) in [6.07, 6.45) is 0.700. The second kappa shape index (κ2) is 6.23. The molecule has 3 heteroatoms. The van der Waals surface area contributed by atoms with Crippen LogP contribution >= 0.6 is 0 Å². The van der Waals surface area contributed by atoms with Gasteiger partial charge < -0.3 is 10.1 Å². The van der Waals surface area contributed by atoms with Crippen LogP contribution in [-0.4, -0.2) is 18.6 Å². The number of anilines is 1. The number of carbonyl (C=O) groups excluding carboxylic acids is 1. The van der Waals surface area contributed by atoms with Gasteiger partial charge >= 0.3 is 5.97 Å². The fraction of sp³-hybridized carbons (Fsp3) is 0.312. The highest BCUT2D eigenvalue weighted by molar-refractivity contribution is 5.87. The lowest BCUT2D eigenvalue weighted by Gasteiger charge is -2.17. The van der Waals surface area contributed by atoms with Gasteiger partial charge in [0, 0.05) is 5.69 Å². The van der Waals surface area contributed by atoms with Crippen LogP contribution in [0.4, 0.5) is 5.69 Å². The summed E-state index contributed by atoms with van der Waals surface area (Å²) >= 11 is 0. The molecule has 0 aliphatic rings. The number of esters is 1. The van der Waals surface area contributed by atoms with Crippen LogP contribution in [0.5, 0.6) is 0 Å². The molecule has 100 valence electrons. The molecular formula is C16H19NO2. The maximum atomic E-state index is 11.8. The van der Waals surface area contributed by atoms with E-state index in [0.717, 1.165) is 11.1 Å². The number of carbonyl (C=O) groups is 1. The zero-order valence-corrected chi connectivity index (χ0v) is 11.3. The number of rotatable bonds is 5. The van der Waals surface area contributed by atoms with Crippen molar-refractivity contribution in [3.63, 3.8) is 0 Å². The van der Waals surface area contributed by atoms with Gasteiger partial charge in [0.2, 0.25) is 0 Å². The van der Waals surface area contributed by atoms with Gasteiger partial charge in [-0.05, 0) is 36.2 Å². The molecule has 1 N–H and O–H groups in total. The molecular weight excluding hydrogens is 238 g/mol. The van der Waals surface area contributed by atoms with Gasteiger partial charge in [0.15, 0.2) is 0 Å². The minimum Gasteiger partial charge on any atom is -0.464 e. The van der Waals surface area contributed by atoms with E-state index in [1.54, 1.807) is 0 Å². The largest absolute Gasteiger partial charge is 0.464 e. The number of hydrogen-bond donors (Lipinski definition) is 1. The third-order valence-corrected chi connectivity index (χ3v) is 3.07. The van der Waals surface area contributed by atoms with E-state index in [9.17, 15) is 4.79 Å². The first-order valence-electron chi connectivity index (χ1n) is 6.66. The van der Waals surface area contributed by atoms with E-state index >= 15 is 0 Å². The summed E-state index contributed by atoms with van der Waals surface area (Å²) in [5, 5.41) is 5.58. The number of hydrogen-bond acceptors (Lipinski definition) is 3. The number of nitrogens with one attached hydrogen (secondary N) is 1. The highest BCUT2D eigenvalue weighted by Crippen LogP contribution is 2.20. The van der Waals surface area contributed by atoms with Gasteiger partial charge in [-0.15, -0.1) is 0 Å². The van der Waals surface area contributed by atoms with Crippen LogP contribution in [0.25, 0.3) is 10.8 Å². The van der Waals surface area contributed by atoms with E-state index in [0.29, 0.717) is 13.0 Å². The van der Waals surface area contributed by atoms with Gasteiger partial charge in [0.25, 0.3) is 0 Å². The second-order valence-corrected chi connectivity index (χ2v) is 4.42. The smallest absolute Gasteiger partial charge is 0.328 e. The highest BCUT2D eigenvalue weighted by atomic mass is 16.5. The SMILES string of the molecule is CCOC(=O)C(CC)Nc1ccc2ccccc2c1. The quantitative estimate of drug-likeness (QED) is 0.832. The van der Waals surface area contributed by atoms with Crippen molar-refractivity contribution in [2.24, 2.45) is 0 Å². The van der Waals surface area contributed by atoms with Gasteiger partial charge in [-0.25, -0.2) is 4.79 Å². The molecule has 19 heavy (non-hydrogen) atoms. The summed E-state index contributed by atoms with van der Waals surface area (Å²) < 4.78 is 5.05. The lowest BCUT2D eigenvalue weighted by molar-refractivity contribution is -0.144. The summed E-state index contributed by atoms with van der Waals surface area (Å²) in [7, 11) is 0. The molecule has 1 atom stereocenters. The Bertz CT molecular complexity index is 565. The van der Waals surface area contributed by atoms with Crippen molar-refractivity contribution in [1.29, 1.82) is 0 Å². The van der Waals surface area contributed by atoms with Crippen molar-refractivity contribution >= 4 is 22.4 Å². The normalized spacial score (nSPS) is 12.1. The van der Waals surface area contributed by atoms with Crippen LogP contribution < -0.4 is 5.32 Å². The summed E-state index contributed by atoms with van der Waals surface area (Å²) in [6, 6.07) is 14.0. The first-order valence-corrected chi connectivity index (χ1v) is 6.66. The maximum Gasteiger partial charge on any atom is 0.328 e. The van der Waals surface area contributed by atoms with Crippen LogP contribution in [0.15, 0.2) is 42.5 Å². The molecule has 0 saturated heterocycles. The van der Waals surface area contributed by atoms with Gasteiger partial charge in [-0.1, -0.05) is 37.3 Å². The molecule has 0 bridgehead atoms. The van der Waals surface area contributed by atoms with Crippen LogP contribution in [0.3, 0.4) is 0 Å². The Morgan fingerprint density at radius 1 is 1.16 bits per heavy atom. The van der Waals surface area contributed by atoms with Crippen molar-refractivity contribution in [3.8, 4) is 0 Å². The predicted octanol–water partition coefficient (Wildman–Crippen LogP) is 3.59. The Morgan fingerprint density at radius 3 is 2.58 bits per heavy atom. The summed E-state index contributed by atoms with van der Waals surface area (Å²) in [6.45, 7) is 4.20. The molecule has 0 spiro atoms. The van der Waals surface area contributed by atoms with Gasteiger partial charge in [-0.2, -0.15) is 0 Å². The number of benzene rings is 2. The lowest BCUT2D eigenvalue weighted by atomic mass is 10.1. The summed E-state index contributed by atoms with van der Waals surface area (Å²) in [5.74, 6) is -0.196. The van der Waals surface area contributed by atoms with E-state index in [2.05, 4.69) is 29.6 Å². The summed E-state index contributed by atoms with van der Waals surface area (Å²) in [5.41, 5.74) is 0.943. The molecule has 0 fully saturated rings. The number of ether oxygens (including phenoxy) is 1. The van der Waals surface area contributed by atoms with Crippen molar-refractivity contribution in [1.82, 2.24) is 0 Å². The minimum atomic E-state index is -0.291. The third-order valence-electron chi connectivity index (χ3n) is 3.07. The highest BCUT2D eigenvalue weighted by Gasteiger charge is 2.17. The Kier molecular flexibility index (Phi) is 4.39. The van der Waals surface area contributed by atoms with Crippen LogP contribution in [0.1, 0.15) is 20.3 Å². The molecule has 1 unspecified atom stereocenters. The van der Waals surface area contributed by atoms with Crippen LogP contribution in [0.2, 0.25) is 0 Å². The van der Waals surface area contributed by atoms with Crippen molar-refractivity contribution in [2.75, 3.05) is 11.9 Å². The van der Waals surface area contributed by atoms with E-state index in [-0.39, 0.29) is 12.0 Å². The standard InChI is InChI=1S/C16H19NO2/c1-3-15(16(18)19-4-2)17-14-10-9-12-7-5-6-8-13(12)11-14/h5-11,15,17H,3-4H2,1-2H3. The minimum absolute atomic E-state index is 0.196. The first kappa shape index (κ1) is 13.4. The van der Waals surface area contributed by atoms with Gasteiger partial charge in [-0.3, -0.25) is 0 Å². The zero-order chi connectivity index (χ0) is 13.7. The average molecular weight is 257 g/mol. The van der Waals surface area contributed by atoms with Gasteiger partial charge in [0.1, 0.15) is 6.04 Å². The Morgan fingerprint density at radius 2 is 1.89 bits per heavy atom. The van der Waals surface area contributed by atoms with Crippen molar-refractivity contribution in [2.45, 2.75) is 26.3 Å². The topological polar surface area (TPSA) is 38.3 Å². The van der Waals surface area contributed by atoms with E-state index in [1.807, 2.05) is 32.0 Å². The molecule has 2 aromatic rings. The molecule has 0 amide bonds. The molecule has 0 saturated carbocycles. The Hall–Kier alpha value is -2.03. The number of fused-ring (bicyclic) bond motifs is 1. The predicted molar refractivity (Wildman–Crippen MR) is 78.3 cm³/mol. The molecule has 0 aliphatic heterocycles. The maximum absolute atomic E-state index is 11.8. The van der Waals surface area contributed by atoms with Crippen molar-refractivity contribution < 1.29 is 9.53 Å². The van der Waals surface area contributed by atoms with Crippen LogP contribution in [-0.2, 0) is 9.53 Å². The molecule has 0 aliphatic carbocycles. The third kappa shape index (κ3) is 3.25. The molecule has 0 heterocycles. The molecule has 0 aromatic heterocycles. The fourth-order valence-electron chi connectivity index (χ4n) is 2.05. The average Bonchev–Trinajstić information content (AvgIpc) is 2.44. The van der Waals surface area contributed by atoms with E-state index < -0.39 is 0 Å². The summed E-state index contributed by atoms with van der Waals surface area (Å²) in [4.78, 5) is 11.8. The Balaban J connectivity index is 2.17. The molecule has 3 nitrogen and oxygen atoms in total. The molecule has 2 rings (SSSR count). The Labute approximate surface area is 113 Å². The van der Waals surface area contributed by atoms with Gasteiger partial charge in [0.05, 0.1) is 6.61 Å². The van der Waals surface area contributed by atoms with Crippen molar-refractivity contribution in [3.05, 3.63) is 42.5 Å². The lowest BCUT2D eigenvalue weighted by Crippen LogP contribution is -2.30. The fourth-order valence-corrected chi connectivity index (χ4v) is 2.05. The molecule has 2 aromatic carbocycles. The van der Waals surface area contributed by atoms with E-state index in [4.69, 9.17) is 4.74 Å². The monoisotopic (exact) mass is 257 g/mol. The first-order chi connectivity index (χ1) is 9.24. The molecule has 0 radical (unpaired) electrons. The second-order valence-electron chi connectivity index (χ2n) is 4.42. The van der Waals surface area contributed by atoms with Crippen LogP contribution in [0, 0.1) is 0 Å².